The second-order valence-corrected chi connectivity index (χ2v) is 14.2. The summed E-state index contributed by atoms with van der Waals surface area (Å²) in [6.07, 6.45) is 0. The van der Waals surface area contributed by atoms with E-state index in [0.717, 1.165) is 5.69 Å². The number of aromatic nitrogens is 2. The zero-order chi connectivity index (χ0) is 35.6. The van der Waals surface area contributed by atoms with Gasteiger partial charge in [-0.25, -0.2) is 0 Å². The van der Waals surface area contributed by atoms with Gasteiger partial charge in [-0.3, -0.25) is 0 Å². The molecule has 2 aromatic heterocycles. The molecule has 0 amide bonds. The van der Waals surface area contributed by atoms with E-state index in [0.29, 0.717) is 0 Å². The molecule has 0 N–H and O–H groups in total. The van der Waals surface area contributed by atoms with Crippen molar-refractivity contribution in [2.24, 2.45) is 0 Å². The van der Waals surface area contributed by atoms with E-state index >= 15 is 0 Å². The first-order valence-electron chi connectivity index (χ1n) is 18.6. The molecule has 54 heavy (non-hydrogen) atoms. The Kier molecular flexibility index (Phi) is 6.90. The summed E-state index contributed by atoms with van der Waals surface area (Å²) in [7, 11) is 0. The highest BCUT2D eigenvalue weighted by Crippen LogP contribution is 2.40. The summed E-state index contributed by atoms with van der Waals surface area (Å²) in [5.41, 5.74) is 14.4. The summed E-state index contributed by atoms with van der Waals surface area (Å²) in [5.74, 6) is 0. The van der Waals surface area contributed by atoms with Crippen LogP contribution in [0.2, 0.25) is 0 Å². The molecule has 0 bridgehead atoms. The van der Waals surface area contributed by atoms with Crippen molar-refractivity contribution < 1.29 is 0 Å². The lowest BCUT2D eigenvalue weighted by atomic mass is 9.99. The van der Waals surface area contributed by atoms with Crippen molar-refractivity contribution in [3.63, 3.8) is 0 Å². The topological polar surface area (TPSA) is 9.86 Å². The third-order valence-electron chi connectivity index (χ3n) is 11.1. The molecule has 0 fully saturated rings. The molecule has 0 aliphatic carbocycles. The second-order valence-electron chi connectivity index (χ2n) is 14.2. The van der Waals surface area contributed by atoms with Gasteiger partial charge in [-0.1, -0.05) is 158 Å². The van der Waals surface area contributed by atoms with Crippen LogP contribution >= 0.6 is 0 Å². The van der Waals surface area contributed by atoms with Crippen LogP contribution in [-0.4, -0.2) is 9.13 Å². The minimum Gasteiger partial charge on any atom is -0.309 e. The number of fused-ring (bicyclic) bond motifs is 7. The van der Waals surface area contributed by atoms with E-state index in [9.17, 15) is 0 Å². The van der Waals surface area contributed by atoms with E-state index in [-0.39, 0.29) is 0 Å². The molecule has 2 heterocycles. The smallest absolute Gasteiger partial charge is 0.0547 e. The highest BCUT2D eigenvalue weighted by Gasteiger charge is 2.18. The van der Waals surface area contributed by atoms with E-state index < -0.39 is 0 Å². The Labute approximate surface area is 313 Å². The van der Waals surface area contributed by atoms with Gasteiger partial charge in [0.25, 0.3) is 0 Å². The minimum absolute atomic E-state index is 1.15. The van der Waals surface area contributed by atoms with Crippen molar-refractivity contribution in [1.29, 1.82) is 0 Å². The largest absolute Gasteiger partial charge is 0.309 e. The van der Waals surface area contributed by atoms with Gasteiger partial charge in [0.15, 0.2) is 0 Å². The van der Waals surface area contributed by atoms with E-state index in [4.69, 9.17) is 0 Å². The lowest BCUT2D eigenvalue weighted by molar-refractivity contribution is 1.18. The fraction of sp³-hybridized carbons (Fsp3) is 0. The maximum Gasteiger partial charge on any atom is 0.0547 e. The summed E-state index contributed by atoms with van der Waals surface area (Å²) < 4.78 is 4.88. The molecule has 0 saturated carbocycles. The number of para-hydroxylation sites is 3. The number of benzene rings is 9. The Bertz CT molecular complexity index is 3200. The molecule has 0 aliphatic rings. The molecule has 2 nitrogen and oxygen atoms in total. The van der Waals surface area contributed by atoms with Crippen molar-refractivity contribution >= 4 is 54.4 Å². The predicted octanol–water partition coefficient (Wildman–Crippen LogP) is 14.0. The molecule has 0 saturated heterocycles. The third-order valence-corrected chi connectivity index (χ3v) is 11.1. The molecule has 0 aliphatic heterocycles. The summed E-state index contributed by atoms with van der Waals surface area (Å²) in [6.45, 7) is 0. The van der Waals surface area contributed by atoms with Crippen LogP contribution in [0.3, 0.4) is 0 Å². The van der Waals surface area contributed by atoms with E-state index in [1.807, 2.05) is 0 Å². The summed E-state index contributed by atoms with van der Waals surface area (Å²) >= 11 is 0. The molecular formula is C52H34N2. The van der Waals surface area contributed by atoms with Crippen molar-refractivity contribution in [2.75, 3.05) is 0 Å². The van der Waals surface area contributed by atoms with Crippen molar-refractivity contribution in [2.45, 2.75) is 0 Å². The average Bonchev–Trinajstić information content (AvgIpc) is 3.76. The minimum atomic E-state index is 1.15. The van der Waals surface area contributed by atoms with Crippen molar-refractivity contribution in [3.8, 4) is 44.8 Å². The van der Waals surface area contributed by atoms with Crippen LogP contribution in [0.1, 0.15) is 0 Å². The van der Waals surface area contributed by atoms with Crippen LogP contribution in [0.5, 0.6) is 0 Å². The van der Waals surface area contributed by atoms with Crippen LogP contribution in [-0.2, 0) is 0 Å². The Balaban J connectivity index is 1.10. The monoisotopic (exact) mass is 686 g/mol. The van der Waals surface area contributed by atoms with Gasteiger partial charge >= 0.3 is 0 Å². The molecule has 0 radical (unpaired) electrons. The lowest BCUT2D eigenvalue weighted by Crippen LogP contribution is -1.97. The summed E-state index contributed by atoms with van der Waals surface area (Å²) in [5, 5.41) is 7.50. The molecule has 0 spiro atoms. The molecular weight excluding hydrogens is 653 g/mol. The Hall–Kier alpha value is -7.16. The fourth-order valence-corrected chi connectivity index (χ4v) is 8.54. The van der Waals surface area contributed by atoms with Gasteiger partial charge in [0.2, 0.25) is 0 Å². The molecule has 11 rings (SSSR count). The quantitative estimate of drug-likeness (QED) is 0.171. The maximum atomic E-state index is 2.46. The molecule has 252 valence electrons. The fourth-order valence-electron chi connectivity index (χ4n) is 8.54. The van der Waals surface area contributed by atoms with Gasteiger partial charge in [-0.15, -0.1) is 0 Å². The van der Waals surface area contributed by atoms with Crippen LogP contribution in [0.4, 0.5) is 0 Å². The zero-order valence-electron chi connectivity index (χ0n) is 29.5. The third kappa shape index (κ3) is 4.81. The number of nitrogens with zero attached hydrogens (tertiary/aromatic N) is 2. The van der Waals surface area contributed by atoms with Gasteiger partial charge in [-0.05, 0) is 87.1 Å². The van der Waals surface area contributed by atoms with Crippen LogP contribution < -0.4 is 0 Å². The van der Waals surface area contributed by atoms with Crippen LogP contribution in [0, 0.1) is 0 Å². The van der Waals surface area contributed by atoms with Gasteiger partial charge in [0.1, 0.15) is 0 Å². The first-order chi connectivity index (χ1) is 26.8. The Morgan fingerprint density at radius 1 is 0.259 bits per heavy atom. The average molecular weight is 687 g/mol. The second kappa shape index (κ2) is 12.2. The first kappa shape index (κ1) is 30.5. The maximum absolute atomic E-state index is 2.46. The summed E-state index contributed by atoms with van der Waals surface area (Å²) in [4.78, 5) is 0. The Morgan fingerprint density at radius 3 is 1.48 bits per heavy atom. The molecule has 9 aromatic carbocycles. The van der Waals surface area contributed by atoms with E-state index in [2.05, 4.69) is 215 Å². The number of hydrogen-bond donors (Lipinski definition) is 0. The predicted molar refractivity (Wildman–Crippen MR) is 229 cm³/mol. The number of rotatable bonds is 5. The molecule has 2 heteroatoms. The molecule has 0 atom stereocenters. The lowest BCUT2D eigenvalue weighted by Gasteiger charge is -2.15. The highest BCUT2D eigenvalue weighted by atomic mass is 15.0. The van der Waals surface area contributed by atoms with Crippen molar-refractivity contribution in [3.05, 3.63) is 206 Å². The van der Waals surface area contributed by atoms with Crippen molar-refractivity contribution in [1.82, 2.24) is 9.13 Å². The standard InChI is InChI=1S/C52H34N2/c1-2-12-35(13-3-1)37-24-28-42(29-25-37)53-49-20-10-7-17-44(49)46-30-26-39(33-51(46)53)40-27-31-47-45-18-8-11-21-50(45)54(52(47)34-40)48-19-9-6-16-43(48)41-23-22-36-14-4-5-15-38(36)32-41/h1-34H. The van der Waals surface area contributed by atoms with Gasteiger partial charge in [0.05, 0.1) is 27.8 Å². The van der Waals surface area contributed by atoms with Crippen LogP contribution in [0.15, 0.2) is 206 Å². The Morgan fingerprint density at radius 2 is 0.759 bits per heavy atom. The molecule has 11 aromatic rings. The first-order valence-corrected chi connectivity index (χ1v) is 18.6. The highest BCUT2D eigenvalue weighted by molar-refractivity contribution is 6.12. The van der Waals surface area contributed by atoms with Crippen LogP contribution in [0.25, 0.3) is 99.1 Å². The van der Waals surface area contributed by atoms with Gasteiger partial charge in [0, 0.05) is 32.8 Å². The normalized spacial score (nSPS) is 11.7. The van der Waals surface area contributed by atoms with Gasteiger partial charge < -0.3 is 9.13 Å². The number of hydrogen-bond acceptors (Lipinski definition) is 0. The van der Waals surface area contributed by atoms with E-state index in [1.54, 1.807) is 0 Å². The summed E-state index contributed by atoms with van der Waals surface area (Å²) in [6, 6.07) is 75.3. The van der Waals surface area contributed by atoms with Gasteiger partial charge in [-0.2, -0.15) is 0 Å². The zero-order valence-corrected chi connectivity index (χ0v) is 29.5. The SMILES string of the molecule is c1ccc(-c2ccc(-n3c4ccccc4c4ccc(-c5ccc6c7ccccc7n(-c7ccccc7-c7ccc8ccccc8c7)c6c5)cc43)cc2)cc1. The molecule has 0 unspecified atom stereocenters. The van der Waals surface area contributed by atoms with E-state index in [1.165, 1.54) is 93.5 Å².